The van der Waals surface area contributed by atoms with Gasteiger partial charge in [-0.3, -0.25) is 4.79 Å². The third kappa shape index (κ3) is 4.69. The average molecular weight is 415 g/mol. The summed E-state index contributed by atoms with van der Waals surface area (Å²) in [5.41, 5.74) is 5.23. The SMILES string of the molecule is Cc1cc(/C=C/C(=O)N(C)Cc2cnn(-c3ccccc3)c2)c(C)n1Cc1ccco1. The minimum absolute atomic E-state index is 0.0525. The van der Waals surface area contributed by atoms with Crippen molar-refractivity contribution < 1.29 is 9.21 Å². The molecular formula is C25H26N4O2. The van der Waals surface area contributed by atoms with Crippen molar-refractivity contribution in [3.63, 3.8) is 0 Å². The van der Waals surface area contributed by atoms with Crippen LogP contribution in [0.4, 0.5) is 0 Å². The Morgan fingerprint density at radius 1 is 1.16 bits per heavy atom. The number of furan rings is 1. The van der Waals surface area contributed by atoms with E-state index in [9.17, 15) is 4.79 Å². The van der Waals surface area contributed by atoms with Gasteiger partial charge in [-0.05, 0) is 55.8 Å². The fourth-order valence-corrected chi connectivity index (χ4v) is 3.60. The number of hydrogen-bond acceptors (Lipinski definition) is 3. The molecule has 3 aromatic heterocycles. The lowest BCUT2D eigenvalue weighted by molar-refractivity contribution is -0.125. The van der Waals surface area contributed by atoms with Crippen LogP contribution in [-0.4, -0.2) is 32.2 Å². The van der Waals surface area contributed by atoms with Gasteiger partial charge in [-0.2, -0.15) is 5.10 Å². The fraction of sp³-hybridized carbons (Fsp3) is 0.200. The minimum atomic E-state index is -0.0525. The highest BCUT2D eigenvalue weighted by atomic mass is 16.3. The van der Waals surface area contributed by atoms with E-state index in [2.05, 4.69) is 29.6 Å². The molecule has 0 N–H and O–H groups in total. The van der Waals surface area contributed by atoms with Crippen molar-refractivity contribution in [3.05, 3.63) is 102 Å². The molecule has 0 aliphatic carbocycles. The Morgan fingerprint density at radius 3 is 2.71 bits per heavy atom. The number of aromatic nitrogens is 3. The molecule has 1 amide bonds. The van der Waals surface area contributed by atoms with Gasteiger partial charge in [0.1, 0.15) is 5.76 Å². The standard InChI is InChI=1S/C25H26N4O2/c1-19-14-22(20(2)28(19)18-24-10-7-13-31-24)11-12-25(30)27(3)16-21-15-26-29(17-21)23-8-5-4-6-9-23/h4-15,17H,16,18H2,1-3H3/b12-11+. The van der Waals surface area contributed by atoms with Crippen LogP contribution in [0.1, 0.15) is 28.3 Å². The lowest BCUT2D eigenvalue weighted by Crippen LogP contribution is -2.23. The van der Waals surface area contributed by atoms with E-state index in [1.807, 2.05) is 59.4 Å². The monoisotopic (exact) mass is 414 g/mol. The first-order valence-electron chi connectivity index (χ1n) is 10.2. The van der Waals surface area contributed by atoms with Crippen LogP contribution in [0.3, 0.4) is 0 Å². The molecule has 0 aliphatic heterocycles. The highest BCUT2D eigenvalue weighted by Gasteiger charge is 2.11. The van der Waals surface area contributed by atoms with Gasteiger partial charge in [0, 0.05) is 42.8 Å². The Labute approximate surface area is 182 Å². The van der Waals surface area contributed by atoms with E-state index in [1.54, 1.807) is 30.5 Å². The van der Waals surface area contributed by atoms with E-state index in [0.29, 0.717) is 13.1 Å². The molecule has 6 heteroatoms. The number of carbonyl (C=O) groups excluding carboxylic acids is 1. The van der Waals surface area contributed by atoms with Gasteiger partial charge < -0.3 is 13.9 Å². The molecule has 0 bridgehead atoms. The number of aryl methyl sites for hydroxylation is 1. The molecular weight excluding hydrogens is 388 g/mol. The molecule has 6 nitrogen and oxygen atoms in total. The first kappa shape index (κ1) is 20.5. The molecule has 0 spiro atoms. The second kappa shape index (κ2) is 8.92. The molecule has 0 unspecified atom stereocenters. The van der Waals surface area contributed by atoms with E-state index in [4.69, 9.17) is 4.42 Å². The first-order chi connectivity index (χ1) is 15.0. The quantitative estimate of drug-likeness (QED) is 0.415. The first-order valence-corrected chi connectivity index (χ1v) is 10.2. The van der Waals surface area contributed by atoms with Gasteiger partial charge in [0.05, 0.1) is 24.7 Å². The van der Waals surface area contributed by atoms with Crippen molar-refractivity contribution in [2.75, 3.05) is 7.05 Å². The van der Waals surface area contributed by atoms with Crippen molar-refractivity contribution in [2.45, 2.75) is 26.9 Å². The predicted molar refractivity (Wildman–Crippen MR) is 121 cm³/mol. The number of rotatable bonds is 7. The number of benzene rings is 1. The van der Waals surface area contributed by atoms with E-state index in [-0.39, 0.29) is 5.91 Å². The Morgan fingerprint density at radius 2 is 1.97 bits per heavy atom. The average Bonchev–Trinajstić information content (AvgIpc) is 3.51. The summed E-state index contributed by atoms with van der Waals surface area (Å²) in [6, 6.07) is 15.9. The summed E-state index contributed by atoms with van der Waals surface area (Å²) in [4.78, 5) is 14.3. The highest BCUT2D eigenvalue weighted by Crippen LogP contribution is 2.19. The summed E-state index contributed by atoms with van der Waals surface area (Å²) in [5, 5.41) is 4.40. The smallest absolute Gasteiger partial charge is 0.246 e. The molecule has 0 saturated heterocycles. The molecule has 31 heavy (non-hydrogen) atoms. The molecule has 3 heterocycles. The van der Waals surface area contributed by atoms with Crippen molar-refractivity contribution in [1.82, 2.24) is 19.2 Å². The molecule has 158 valence electrons. The normalized spacial score (nSPS) is 11.3. The van der Waals surface area contributed by atoms with Crippen molar-refractivity contribution in [2.24, 2.45) is 0 Å². The van der Waals surface area contributed by atoms with Gasteiger partial charge in [-0.25, -0.2) is 4.68 Å². The summed E-state index contributed by atoms with van der Waals surface area (Å²) in [7, 11) is 1.80. The minimum Gasteiger partial charge on any atom is -0.467 e. The maximum Gasteiger partial charge on any atom is 0.246 e. The van der Waals surface area contributed by atoms with Gasteiger partial charge >= 0.3 is 0 Å². The Bertz CT molecular complexity index is 1180. The van der Waals surface area contributed by atoms with Crippen molar-refractivity contribution in [3.8, 4) is 5.69 Å². The summed E-state index contributed by atoms with van der Waals surface area (Å²) < 4.78 is 9.47. The van der Waals surface area contributed by atoms with Crippen LogP contribution in [0.15, 0.2) is 77.7 Å². The van der Waals surface area contributed by atoms with Crippen LogP contribution in [0.25, 0.3) is 11.8 Å². The maximum absolute atomic E-state index is 12.6. The van der Waals surface area contributed by atoms with Crippen LogP contribution in [0.2, 0.25) is 0 Å². The zero-order valence-electron chi connectivity index (χ0n) is 18.0. The van der Waals surface area contributed by atoms with Crippen LogP contribution >= 0.6 is 0 Å². The van der Waals surface area contributed by atoms with Crippen LogP contribution in [-0.2, 0) is 17.9 Å². The van der Waals surface area contributed by atoms with E-state index >= 15 is 0 Å². The van der Waals surface area contributed by atoms with Gasteiger partial charge in [0.25, 0.3) is 0 Å². The molecule has 4 aromatic rings. The molecule has 0 aliphatic rings. The Kier molecular flexibility index (Phi) is 5.89. The second-order valence-corrected chi connectivity index (χ2v) is 7.65. The number of hydrogen-bond donors (Lipinski definition) is 0. The van der Waals surface area contributed by atoms with E-state index < -0.39 is 0 Å². The number of nitrogens with zero attached hydrogens (tertiary/aromatic N) is 4. The van der Waals surface area contributed by atoms with E-state index in [0.717, 1.165) is 34.0 Å². The largest absolute Gasteiger partial charge is 0.467 e. The van der Waals surface area contributed by atoms with Gasteiger partial charge in [-0.15, -0.1) is 0 Å². The Balaban J connectivity index is 1.41. The number of para-hydroxylation sites is 1. The fourth-order valence-electron chi connectivity index (χ4n) is 3.60. The van der Waals surface area contributed by atoms with Gasteiger partial charge in [0.2, 0.25) is 5.91 Å². The van der Waals surface area contributed by atoms with Gasteiger partial charge in [0.15, 0.2) is 0 Å². The lowest BCUT2D eigenvalue weighted by Gasteiger charge is -2.13. The summed E-state index contributed by atoms with van der Waals surface area (Å²) >= 11 is 0. The maximum atomic E-state index is 12.6. The van der Waals surface area contributed by atoms with Crippen molar-refractivity contribution >= 4 is 12.0 Å². The number of amides is 1. The molecule has 1 aromatic carbocycles. The van der Waals surface area contributed by atoms with Crippen LogP contribution < -0.4 is 0 Å². The molecule has 4 rings (SSSR count). The van der Waals surface area contributed by atoms with Crippen molar-refractivity contribution in [1.29, 1.82) is 0 Å². The topological polar surface area (TPSA) is 56.2 Å². The third-order valence-corrected chi connectivity index (χ3v) is 5.37. The summed E-state index contributed by atoms with van der Waals surface area (Å²) in [6.45, 7) is 5.29. The zero-order valence-corrected chi connectivity index (χ0v) is 18.0. The molecule has 0 radical (unpaired) electrons. The summed E-state index contributed by atoms with van der Waals surface area (Å²) in [6.07, 6.45) is 8.93. The predicted octanol–water partition coefficient (Wildman–Crippen LogP) is 4.60. The molecule has 0 atom stereocenters. The lowest BCUT2D eigenvalue weighted by atomic mass is 10.2. The van der Waals surface area contributed by atoms with Gasteiger partial charge in [-0.1, -0.05) is 18.2 Å². The third-order valence-electron chi connectivity index (χ3n) is 5.37. The zero-order chi connectivity index (χ0) is 21.8. The number of likely N-dealkylation sites (N-methyl/N-ethyl adjacent to an activating group) is 1. The van der Waals surface area contributed by atoms with E-state index in [1.165, 1.54) is 0 Å². The molecule has 0 fully saturated rings. The number of carbonyl (C=O) groups is 1. The van der Waals surface area contributed by atoms with Crippen LogP contribution in [0, 0.1) is 13.8 Å². The van der Waals surface area contributed by atoms with Crippen LogP contribution in [0.5, 0.6) is 0 Å². The molecule has 0 saturated carbocycles. The highest BCUT2D eigenvalue weighted by molar-refractivity contribution is 5.91. The Hall–Kier alpha value is -3.80. The summed E-state index contributed by atoms with van der Waals surface area (Å²) in [5.74, 6) is 0.854. The second-order valence-electron chi connectivity index (χ2n) is 7.65.